The Morgan fingerprint density at radius 3 is 2.92 bits per heavy atom. The van der Waals surface area contributed by atoms with E-state index >= 15 is 0 Å². The van der Waals surface area contributed by atoms with Crippen LogP contribution in [0.1, 0.15) is 5.56 Å². The summed E-state index contributed by atoms with van der Waals surface area (Å²) in [6, 6.07) is 6.02. The van der Waals surface area contributed by atoms with Crippen molar-refractivity contribution < 1.29 is 4.84 Å². The number of halogens is 1. The van der Waals surface area contributed by atoms with Crippen molar-refractivity contribution in [2.24, 2.45) is 5.90 Å². The molecule has 0 unspecified atom stereocenters. The molecule has 0 amide bonds. The van der Waals surface area contributed by atoms with Crippen LogP contribution in [0.15, 0.2) is 27.6 Å². The lowest BCUT2D eigenvalue weighted by Crippen LogP contribution is -2.00. The highest BCUT2D eigenvalue weighted by molar-refractivity contribution is 9.10. The summed E-state index contributed by atoms with van der Waals surface area (Å²) in [5, 5.41) is 0. The van der Waals surface area contributed by atoms with Crippen molar-refractivity contribution in [2.45, 2.75) is 11.5 Å². The summed E-state index contributed by atoms with van der Waals surface area (Å²) in [5.41, 5.74) is 1.10. The molecule has 0 aromatic heterocycles. The first-order valence-corrected chi connectivity index (χ1v) is 5.44. The van der Waals surface area contributed by atoms with E-state index in [0.29, 0.717) is 6.61 Å². The van der Waals surface area contributed by atoms with Crippen LogP contribution in [0.25, 0.3) is 0 Å². The second kappa shape index (κ2) is 4.87. The molecule has 0 aliphatic heterocycles. The average molecular weight is 248 g/mol. The highest BCUT2D eigenvalue weighted by Gasteiger charge is 2.04. The van der Waals surface area contributed by atoms with Crippen molar-refractivity contribution in [3.63, 3.8) is 0 Å². The lowest BCUT2D eigenvalue weighted by Gasteiger charge is -2.07. The maximum atomic E-state index is 5.02. The molecule has 0 saturated carbocycles. The van der Waals surface area contributed by atoms with Gasteiger partial charge in [0, 0.05) is 14.9 Å². The van der Waals surface area contributed by atoms with Gasteiger partial charge in [-0.15, -0.1) is 11.8 Å². The zero-order valence-corrected chi connectivity index (χ0v) is 9.11. The first-order valence-electron chi connectivity index (χ1n) is 3.42. The van der Waals surface area contributed by atoms with Gasteiger partial charge in [-0.05, 0) is 18.4 Å². The predicted octanol–water partition coefficient (Wildman–Crippen LogP) is 2.56. The quantitative estimate of drug-likeness (QED) is 0.659. The normalized spacial score (nSPS) is 10.2. The Morgan fingerprint density at radius 1 is 1.58 bits per heavy atom. The maximum Gasteiger partial charge on any atom is 0.0951 e. The molecule has 66 valence electrons. The van der Waals surface area contributed by atoms with Gasteiger partial charge in [0.2, 0.25) is 0 Å². The Balaban J connectivity index is 3.02. The minimum Gasteiger partial charge on any atom is -0.300 e. The monoisotopic (exact) mass is 247 g/mol. The van der Waals surface area contributed by atoms with E-state index in [1.165, 1.54) is 4.90 Å². The second-order valence-electron chi connectivity index (χ2n) is 2.23. The smallest absolute Gasteiger partial charge is 0.0951 e. The minimum absolute atomic E-state index is 0.442. The lowest BCUT2D eigenvalue weighted by atomic mass is 10.2. The molecule has 0 heterocycles. The van der Waals surface area contributed by atoms with Gasteiger partial charge in [-0.2, -0.15) is 0 Å². The fourth-order valence-corrected chi connectivity index (χ4v) is 2.20. The Morgan fingerprint density at radius 2 is 2.33 bits per heavy atom. The standard InChI is InChI=1S/C8H10BrNOS/c1-12-8-4-2-3-7(9)6(8)5-11-10/h2-4H,5,10H2,1H3. The summed E-state index contributed by atoms with van der Waals surface area (Å²) in [6.07, 6.45) is 2.03. The van der Waals surface area contributed by atoms with Crippen LogP contribution < -0.4 is 5.90 Å². The molecule has 0 bridgehead atoms. The van der Waals surface area contributed by atoms with Crippen LogP contribution in [0.3, 0.4) is 0 Å². The van der Waals surface area contributed by atoms with Gasteiger partial charge in [0.25, 0.3) is 0 Å². The van der Waals surface area contributed by atoms with Crippen molar-refractivity contribution in [2.75, 3.05) is 6.26 Å². The summed E-state index contributed by atoms with van der Waals surface area (Å²) in [7, 11) is 0. The molecule has 1 rings (SSSR count). The topological polar surface area (TPSA) is 35.2 Å². The molecule has 1 aromatic rings. The highest BCUT2D eigenvalue weighted by Crippen LogP contribution is 2.27. The first kappa shape index (κ1) is 10.1. The number of hydrogen-bond acceptors (Lipinski definition) is 3. The molecule has 0 aliphatic carbocycles. The molecular formula is C8H10BrNOS. The third kappa shape index (κ3) is 2.23. The van der Waals surface area contributed by atoms with E-state index in [9.17, 15) is 0 Å². The summed E-state index contributed by atoms with van der Waals surface area (Å²) in [5.74, 6) is 5.02. The van der Waals surface area contributed by atoms with Crippen molar-refractivity contribution in [1.82, 2.24) is 0 Å². The summed E-state index contributed by atoms with van der Waals surface area (Å²) in [6.45, 7) is 0.442. The predicted molar refractivity (Wildman–Crippen MR) is 54.9 cm³/mol. The van der Waals surface area contributed by atoms with Gasteiger partial charge in [0.15, 0.2) is 0 Å². The van der Waals surface area contributed by atoms with Gasteiger partial charge >= 0.3 is 0 Å². The number of thioether (sulfide) groups is 1. The Hall–Kier alpha value is -0.0300. The molecular weight excluding hydrogens is 238 g/mol. The number of rotatable bonds is 3. The molecule has 2 nitrogen and oxygen atoms in total. The molecule has 1 aromatic carbocycles. The molecule has 0 spiro atoms. The van der Waals surface area contributed by atoms with Gasteiger partial charge < -0.3 is 0 Å². The SMILES string of the molecule is CSc1cccc(Br)c1CON. The van der Waals surface area contributed by atoms with E-state index < -0.39 is 0 Å². The van der Waals surface area contributed by atoms with Gasteiger partial charge in [0.05, 0.1) is 6.61 Å². The summed E-state index contributed by atoms with van der Waals surface area (Å²) < 4.78 is 1.04. The van der Waals surface area contributed by atoms with Crippen LogP contribution in [0.2, 0.25) is 0 Å². The Labute approximate surface area is 84.6 Å². The first-order chi connectivity index (χ1) is 5.79. The average Bonchev–Trinajstić information content (AvgIpc) is 2.09. The third-order valence-corrected chi connectivity index (χ3v) is 3.09. The van der Waals surface area contributed by atoms with Crippen LogP contribution in [0.5, 0.6) is 0 Å². The molecule has 0 radical (unpaired) electrons. The Bertz CT molecular complexity index is 267. The number of hydrogen-bond donors (Lipinski definition) is 1. The molecule has 4 heteroatoms. The zero-order chi connectivity index (χ0) is 8.97. The van der Waals surface area contributed by atoms with E-state index in [-0.39, 0.29) is 0 Å². The molecule has 0 saturated heterocycles. The van der Waals surface area contributed by atoms with Gasteiger partial charge in [-0.25, -0.2) is 5.90 Å². The zero-order valence-electron chi connectivity index (χ0n) is 6.71. The molecule has 0 atom stereocenters. The fourth-order valence-electron chi connectivity index (χ4n) is 0.954. The summed E-state index contributed by atoms with van der Waals surface area (Å²) in [4.78, 5) is 5.80. The molecule has 12 heavy (non-hydrogen) atoms. The second-order valence-corrected chi connectivity index (χ2v) is 3.93. The Kier molecular flexibility index (Phi) is 4.08. The number of benzene rings is 1. The lowest BCUT2D eigenvalue weighted by molar-refractivity contribution is 0.122. The molecule has 2 N–H and O–H groups in total. The maximum absolute atomic E-state index is 5.02. The van der Waals surface area contributed by atoms with Crippen LogP contribution in [0.4, 0.5) is 0 Å². The van der Waals surface area contributed by atoms with Crippen molar-refractivity contribution in [1.29, 1.82) is 0 Å². The van der Waals surface area contributed by atoms with Crippen molar-refractivity contribution >= 4 is 27.7 Å². The van der Waals surface area contributed by atoms with E-state index in [4.69, 9.17) is 5.90 Å². The van der Waals surface area contributed by atoms with Crippen LogP contribution >= 0.6 is 27.7 Å². The largest absolute Gasteiger partial charge is 0.300 e. The van der Waals surface area contributed by atoms with E-state index in [1.807, 2.05) is 24.5 Å². The van der Waals surface area contributed by atoms with E-state index in [0.717, 1.165) is 10.0 Å². The van der Waals surface area contributed by atoms with Crippen molar-refractivity contribution in [3.05, 3.63) is 28.2 Å². The van der Waals surface area contributed by atoms with E-state index in [1.54, 1.807) is 11.8 Å². The number of nitrogens with two attached hydrogens (primary N) is 1. The van der Waals surface area contributed by atoms with Crippen LogP contribution in [0, 0.1) is 0 Å². The van der Waals surface area contributed by atoms with Crippen LogP contribution in [-0.2, 0) is 11.4 Å². The molecule has 0 fully saturated rings. The van der Waals surface area contributed by atoms with Crippen LogP contribution in [-0.4, -0.2) is 6.26 Å². The fraction of sp³-hybridized carbons (Fsp3) is 0.250. The van der Waals surface area contributed by atoms with Gasteiger partial charge in [0.1, 0.15) is 0 Å². The minimum atomic E-state index is 0.442. The molecule has 0 aliphatic rings. The summed E-state index contributed by atoms with van der Waals surface area (Å²) >= 11 is 5.12. The van der Waals surface area contributed by atoms with E-state index in [2.05, 4.69) is 20.8 Å². The highest BCUT2D eigenvalue weighted by atomic mass is 79.9. The third-order valence-electron chi connectivity index (χ3n) is 1.52. The van der Waals surface area contributed by atoms with Gasteiger partial charge in [-0.3, -0.25) is 4.84 Å². The van der Waals surface area contributed by atoms with Crippen molar-refractivity contribution in [3.8, 4) is 0 Å². The van der Waals surface area contributed by atoms with Gasteiger partial charge in [-0.1, -0.05) is 22.0 Å².